The summed E-state index contributed by atoms with van der Waals surface area (Å²) in [5.74, 6) is -4.65. The lowest BCUT2D eigenvalue weighted by atomic mass is 9.81. The molecule has 0 aliphatic rings. The number of rotatable bonds is 29. The number of benzene rings is 2. The Morgan fingerprint density at radius 3 is 1.09 bits per heavy atom. The number of methoxy groups -OCH3 is 4. The zero-order valence-electron chi connectivity index (χ0n) is 38.5. The van der Waals surface area contributed by atoms with Crippen LogP contribution in [0.1, 0.15) is 92.9 Å². The van der Waals surface area contributed by atoms with Crippen molar-refractivity contribution in [3.8, 4) is 34.5 Å². The number of unbranched alkanes of at least 4 members (excludes halogenated alkanes) is 2. The summed E-state index contributed by atoms with van der Waals surface area (Å²) in [6, 6.07) is 9.77. The molecule has 2 aromatic rings. The van der Waals surface area contributed by atoms with E-state index in [9.17, 15) is 28.8 Å². The van der Waals surface area contributed by atoms with E-state index in [1.54, 1.807) is 64.1 Å². The van der Waals surface area contributed by atoms with E-state index in [4.69, 9.17) is 47.4 Å². The van der Waals surface area contributed by atoms with Gasteiger partial charge in [-0.05, 0) is 90.5 Å². The number of hydrogen-bond donors (Lipinski definition) is 0. The van der Waals surface area contributed by atoms with Gasteiger partial charge in [-0.1, -0.05) is 70.7 Å². The molecule has 4 unspecified atom stereocenters. The number of carbonyl (C=O) groups is 6. The van der Waals surface area contributed by atoms with Crippen molar-refractivity contribution in [2.24, 2.45) is 22.7 Å². The van der Waals surface area contributed by atoms with Crippen LogP contribution in [-0.4, -0.2) is 100 Å². The summed E-state index contributed by atoms with van der Waals surface area (Å²) in [6.45, 7) is 9.98. The van der Waals surface area contributed by atoms with Crippen molar-refractivity contribution in [1.82, 2.24) is 0 Å². The van der Waals surface area contributed by atoms with E-state index in [2.05, 4.69) is 31.9 Å². The van der Waals surface area contributed by atoms with Crippen molar-refractivity contribution >= 4 is 67.7 Å². The normalized spacial score (nSPS) is 13.2. The molecule has 2 rings (SSSR count). The van der Waals surface area contributed by atoms with Gasteiger partial charge in [0.05, 0.1) is 64.3 Å². The summed E-state index contributed by atoms with van der Waals surface area (Å²) in [6.07, 6.45) is 2.56. The fraction of sp³-hybridized carbons (Fsp3) is 0.609. The number of halogens is 2. The third-order valence-corrected chi connectivity index (χ3v) is 11.5. The SMILES string of the molecule is CCCCOC(=O)C(CC(Br)C(=O)Oc1c(OC)cccc1OC)CC(C)(C)C(=O)OCCOC(=O)C(C)(C)CC(CC(Br)C(=O)Oc1c(OC)cccc1OC)C(=O)OCCCC. The maximum absolute atomic E-state index is 13.4. The van der Waals surface area contributed by atoms with Crippen LogP contribution in [0.2, 0.25) is 0 Å². The van der Waals surface area contributed by atoms with Crippen LogP contribution in [0.15, 0.2) is 36.4 Å². The van der Waals surface area contributed by atoms with Crippen LogP contribution in [0.3, 0.4) is 0 Å². The van der Waals surface area contributed by atoms with Gasteiger partial charge in [-0.2, -0.15) is 0 Å². The Morgan fingerprint density at radius 2 is 0.812 bits per heavy atom. The summed E-state index contributed by atoms with van der Waals surface area (Å²) < 4.78 is 54.6. The summed E-state index contributed by atoms with van der Waals surface area (Å²) >= 11 is 6.72. The number of carbonyl (C=O) groups excluding carboxylic acids is 6. The topological polar surface area (TPSA) is 195 Å². The molecule has 0 aromatic heterocycles. The van der Waals surface area contributed by atoms with Crippen molar-refractivity contribution < 1.29 is 76.1 Å². The quantitative estimate of drug-likeness (QED) is 0.0248. The maximum Gasteiger partial charge on any atom is 0.325 e. The van der Waals surface area contributed by atoms with Gasteiger partial charge in [0.1, 0.15) is 22.9 Å². The summed E-state index contributed by atoms with van der Waals surface area (Å²) in [7, 11) is 5.68. The molecule has 0 bridgehead atoms. The minimum Gasteiger partial charge on any atom is -0.493 e. The Balaban J connectivity index is 2.10. The van der Waals surface area contributed by atoms with Crippen LogP contribution in [0, 0.1) is 22.7 Å². The lowest BCUT2D eigenvalue weighted by molar-refractivity contribution is -0.166. The second kappa shape index (κ2) is 27.7. The van der Waals surface area contributed by atoms with Gasteiger partial charge in [-0.15, -0.1) is 0 Å². The first-order valence-corrected chi connectivity index (χ1v) is 22.9. The second-order valence-corrected chi connectivity index (χ2v) is 18.3. The largest absolute Gasteiger partial charge is 0.493 e. The lowest BCUT2D eigenvalue weighted by Gasteiger charge is -2.29. The average Bonchev–Trinajstić information content (AvgIpc) is 3.26. The van der Waals surface area contributed by atoms with Gasteiger partial charge in [-0.3, -0.25) is 28.8 Å². The smallest absolute Gasteiger partial charge is 0.325 e. The third kappa shape index (κ3) is 17.4. The molecule has 0 saturated heterocycles. The summed E-state index contributed by atoms with van der Waals surface area (Å²) in [5, 5.41) is 0. The highest BCUT2D eigenvalue weighted by molar-refractivity contribution is 9.10. The molecule has 0 N–H and O–H groups in total. The minimum atomic E-state index is -1.25. The minimum absolute atomic E-state index is 0.0543. The summed E-state index contributed by atoms with van der Waals surface area (Å²) in [4.78, 5) is 78.2. The molecule has 0 aliphatic heterocycles. The van der Waals surface area contributed by atoms with Crippen molar-refractivity contribution in [2.75, 3.05) is 54.9 Å². The van der Waals surface area contributed by atoms with Crippen LogP contribution in [0.5, 0.6) is 34.5 Å². The van der Waals surface area contributed by atoms with E-state index in [1.165, 1.54) is 28.4 Å². The predicted octanol–water partition coefficient (Wildman–Crippen LogP) is 8.38. The number of ether oxygens (including phenoxy) is 10. The van der Waals surface area contributed by atoms with E-state index < -0.39 is 68.1 Å². The van der Waals surface area contributed by atoms with E-state index in [0.29, 0.717) is 12.8 Å². The standard InChI is InChI=1S/C46H64Br2O16/c1-11-13-21-59-39(49)29(25-31(47)41(51)63-37-33(55-7)17-15-18-34(37)56-8)27-45(3,4)43(53)61-23-24-62-44(54)46(5,6)28-30(40(50)60-22-14-12-2)26-32(48)42(52)64-38-35(57-9)19-16-20-36(38)58-10/h15-20,29-32H,11-14,21-28H2,1-10H3. The van der Waals surface area contributed by atoms with Crippen molar-refractivity contribution in [3.05, 3.63) is 36.4 Å². The summed E-state index contributed by atoms with van der Waals surface area (Å²) in [5.41, 5.74) is -2.51. The van der Waals surface area contributed by atoms with Crippen LogP contribution in [0.25, 0.3) is 0 Å². The molecule has 358 valence electrons. The van der Waals surface area contributed by atoms with Gasteiger partial charge in [0.15, 0.2) is 23.0 Å². The highest BCUT2D eigenvalue weighted by atomic mass is 79.9. The molecule has 0 spiro atoms. The Morgan fingerprint density at radius 1 is 0.500 bits per heavy atom. The number of alkyl halides is 2. The molecule has 0 aliphatic carbocycles. The van der Waals surface area contributed by atoms with Crippen molar-refractivity contribution in [2.45, 2.75) is 103 Å². The first-order valence-electron chi connectivity index (χ1n) is 21.1. The Kier molecular flexibility index (Phi) is 24.0. The van der Waals surface area contributed by atoms with Gasteiger partial charge in [0.25, 0.3) is 0 Å². The van der Waals surface area contributed by atoms with Crippen LogP contribution in [0.4, 0.5) is 0 Å². The van der Waals surface area contributed by atoms with Crippen molar-refractivity contribution in [1.29, 1.82) is 0 Å². The first-order chi connectivity index (χ1) is 30.3. The monoisotopic (exact) mass is 1030 g/mol. The molecule has 0 saturated carbocycles. The molecule has 0 amide bonds. The molecule has 4 atom stereocenters. The Labute approximate surface area is 393 Å². The molecule has 64 heavy (non-hydrogen) atoms. The second-order valence-electron chi connectivity index (χ2n) is 16.1. The van der Waals surface area contributed by atoms with Crippen LogP contribution < -0.4 is 28.4 Å². The molecular formula is C46H64Br2O16. The fourth-order valence-corrected chi connectivity index (χ4v) is 7.40. The average molecular weight is 1030 g/mol. The van der Waals surface area contributed by atoms with Gasteiger partial charge >= 0.3 is 35.8 Å². The zero-order chi connectivity index (χ0) is 48.0. The zero-order valence-corrected chi connectivity index (χ0v) is 41.7. The van der Waals surface area contributed by atoms with E-state index in [-0.39, 0.29) is 86.6 Å². The van der Waals surface area contributed by atoms with Crippen molar-refractivity contribution in [3.63, 3.8) is 0 Å². The molecule has 0 heterocycles. The maximum atomic E-state index is 13.4. The molecule has 0 fully saturated rings. The molecule has 2 aromatic carbocycles. The van der Waals surface area contributed by atoms with E-state index in [1.807, 2.05) is 13.8 Å². The number of hydrogen-bond acceptors (Lipinski definition) is 16. The third-order valence-electron chi connectivity index (χ3n) is 9.98. The van der Waals surface area contributed by atoms with Gasteiger partial charge < -0.3 is 47.4 Å². The van der Waals surface area contributed by atoms with Gasteiger partial charge in [0.2, 0.25) is 11.5 Å². The highest BCUT2D eigenvalue weighted by Gasteiger charge is 2.40. The molecular weight excluding hydrogens is 968 g/mol. The lowest BCUT2D eigenvalue weighted by Crippen LogP contribution is -2.36. The highest BCUT2D eigenvalue weighted by Crippen LogP contribution is 2.40. The Bertz CT molecular complexity index is 1670. The van der Waals surface area contributed by atoms with E-state index in [0.717, 1.165) is 12.8 Å². The van der Waals surface area contributed by atoms with Gasteiger partial charge in [-0.25, -0.2) is 0 Å². The fourth-order valence-electron chi connectivity index (χ4n) is 6.31. The molecule has 18 heteroatoms. The predicted molar refractivity (Wildman–Crippen MR) is 242 cm³/mol. The van der Waals surface area contributed by atoms with E-state index >= 15 is 0 Å². The number of para-hydroxylation sites is 2. The van der Waals surface area contributed by atoms with Crippen LogP contribution in [-0.2, 0) is 47.7 Å². The number of esters is 6. The first kappa shape index (κ1) is 55.6. The van der Waals surface area contributed by atoms with Gasteiger partial charge in [0, 0.05) is 0 Å². The Hall–Kier alpha value is -4.58. The molecule has 0 radical (unpaired) electrons. The van der Waals surface area contributed by atoms with Crippen LogP contribution >= 0.6 is 31.9 Å². The molecule has 16 nitrogen and oxygen atoms in total.